The van der Waals surface area contributed by atoms with Crippen LogP contribution in [0.25, 0.3) is 0 Å². The minimum Gasteiger partial charge on any atom is -0.340 e. The number of likely N-dealkylation sites (N-methyl/N-ethyl adjacent to an activating group) is 1. The predicted octanol–water partition coefficient (Wildman–Crippen LogP) is 3.50. The number of urea groups is 1. The quantitative estimate of drug-likeness (QED) is 0.638. The van der Waals surface area contributed by atoms with Crippen molar-refractivity contribution >= 4 is 11.9 Å². The Morgan fingerprint density at radius 2 is 1.75 bits per heavy atom. The van der Waals surface area contributed by atoms with Gasteiger partial charge in [-0.25, -0.2) is 4.79 Å². The van der Waals surface area contributed by atoms with E-state index in [9.17, 15) is 9.59 Å². The lowest BCUT2D eigenvalue weighted by atomic mass is 9.69. The molecule has 0 spiro atoms. The fourth-order valence-electron chi connectivity index (χ4n) is 4.95. The number of carbonyl (C=O) groups excluding carboxylic acids is 2. The first kappa shape index (κ1) is 24.3. The molecule has 1 aliphatic heterocycles. The molecule has 6 nitrogen and oxygen atoms in total. The Kier molecular flexibility index (Phi) is 8.74. The van der Waals surface area contributed by atoms with Gasteiger partial charge in [-0.2, -0.15) is 0 Å². The third-order valence-electron chi connectivity index (χ3n) is 7.16. The summed E-state index contributed by atoms with van der Waals surface area (Å²) in [4.78, 5) is 29.5. The Bertz CT molecular complexity index is 784. The molecule has 0 saturated carbocycles. The van der Waals surface area contributed by atoms with Crippen LogP contribution in [0, 0.1) is 23.7 Å². The summed E-state index contributed by atoms with van der Waals surface area (Å²) in [6.45, 7) is 11.4. The summed E-state index contributed by atoms with van der Waals surface area (Å²) in [5, 5.41) is 6.01. The van der Waals surface area contributed by atoms with Gasteiger partial charge in [-0.15, -0.1) is 0 Å². The largest absolute Gasteiger partial charge is 0.340 e. The third-order valence-corrected chi connectivity index (χ3v) is 7.16. The molecule has 1 aromatic carbocycles. The molecule has 2 N–H and O–H groups in total. The second-order valence-electron chi connectivity index (χ2n) is 9.85. The maximum absolute atomic E-state index is 12.9. The number of carbonyl (C=O) groups is 2. The van der Waals surface area contributed by atoms with E-state index in [4.69, 9.17) is 0 Å². The highest BCUT2D eigenvalue weighted by atomic mass is 16.2. The van der Waals surface area contributed by atoms with Crippen LogP contribution in [0.4, 0.5) is 4.79 Å². The SMILES string of the molecule is CC1=CC(CNC(=O)NCc2ccccc2)C(C(C)C)CC1CC(=O)N1CCN(C)CC1. The molecule has 1 saturated heterocycles. The van der Waals surface area contributed by atoms with E-state index < -0.39 is 0 Å². The first-order valence-electron chi connectivity index (χ1n) is 12.0. The molecule has 1 aromatic rings. The second-order valence-corrected chi connectivity index (χ2v) is 9.85. The molecule has 176 valence electrons. The summed E-state index contributed by atoms with van der Waals surface area (Å²) in [6, 6.07) is 9.80. The lowest BCUT2D eigenvalue weighted by Gasteiger charge is -2.38. The summed E-state index contributed by atoms with van der Waals surface area (Å²) in [5.41, 5.74) is 2.38. The van der Waals surface area contributed by atoms with Crippen LogP contribution in [0.5, 0.6) is 0 Å². The highest BCUT2D eigenvalue weighted by Crippen LogP contribution is 2.39. The average Bonchev–Trinajstić information content (AvgIpc) is 2.78. The van der Waals surface area contributed by atoms with Crippen LogP contribution in [0.3, 0.4) is 0 Å². The van der Waals surface area contributed by atoms with Crippen LogP contribution in [0.15, 0.2) is 42.0 Å². The second kappa shape index (κ2) is 11.5. The molecule has 3 rings (SSSR count). The van der Waals surface area contributed by atoms with Gasteiger partial charge in [0.05, 0.1) is 0 Å². The number of hydrogen-bond acceptors (Lipinski definition) is 3. The minimum atomic E-state index is -0.130. The zero-order valence-electron chi connectivity index (χ0n) is 20.1. The highest BCUT2D eigenvalue weighted by Gasteiger charge is 2.33. The van der Waals surface area contributed by atoms with Gasteiger partial charge in [-0.05, 0) is 49.6 Å². The van der Waals surface area contributed by atoms with Gasteiger partial charge in [-0.1, -0.05) is 55.8 Å². The molecule has 1 aliphatic carbocycles. The summed E-state index contributed by atoms with van der Waals surface area (Å²) in [5.74, 6) is 1.85. The summed E-state index contributed by atoms with van der Waals surface area (Å²) in [7, 11) is 2.11. The molecule has 1 fully saturated rings. The van der Waals surface area contributed by atoms with Crippen LogP contribution < -0.4 is 10.6 Å². The normalized spacial score (nSPS) is 24.2. The van der Waals surface area contributed by atoms with E-state index in [0.717, 1.165) is 38.2 Å². The highest BCUT2D eigenvalue weighted by molar-refractivity contribution is 5.77. The van der Waals surface area contributed by atoms with Crippen molar-refractivity contribution in [3.05, 3.63) is 47.5 Å². The van der Waals surface area contributed by atoms with Crippen LogP contribution in [0.2, 0.25) is 0 Å². The number of piperazine rings is 1. The molecule has 32 heavy (non-hydrogen) atoms. The molecule has 3 amide bonds. The Morgan fingerprint density at radius 3 is 2.41 bits per heavy atom. The van der Waals surface area contributed by atoms with Crippen molar-refractivity contribution in [2.75, 3.05) is 39.8 Å². The van der Waals surface area contributed by atoms with Gasteiger partial charge in [0.25, 0.3) is 0 Å². The fourth-order valence-corrected chi connectivity index (χ4v) is 4.95. The predicted molar refractivity (Wildman–Crippen MR) is 129 cm³/mol. The van der Waals surface area contributed by atoms with Gasteiger partial charge < -0.3 is 20.4 Å². The van der Waals surface area contributed by atoms with E-state index >= 15 is 0 Å². The molecule has 6 heteroatoms. The summed E-state index contributed by atoms with van der Waals surface area (Å²) < 4.78 is 0. The van der Waals surface area contributed by atoms with Gasteiger partial charge in [0.2, 0.25) is 5.91 Å². The Labute approximate surface area is 193 Å². The van der Waals surface area contributed by atoms with E-state index in [0.29, 0.717) is 43.2 Å². The van der Waals surface area contributed by atoms with E-state index in [1.54, 1.807) is 0 Å². The van der Waals surface area contributed by atoms with Crippen molar-refractivity contribution < 1.29 is 9.59 Å². The molecule has 0 aromatic heterocycles. The van der Waals surface area contributed by atoms with E-state index in [1.165, 1.54) is 5.57 Å². The number of allylic oxidation sites excluding steroid dienone is 1. The number of benzene rings is 1. The summed E-state index contributed by atoms with van der Waals surface area (Å²) >= 11 is 0. The van der Waals surface area contributed by atoms with Crippen molar-refractivity contribution in [2.24, 2.45) is 23.7 Å². The van der Waals surface area contributed by atoms with Crippen molar-refractivity contribution in [1.82, 2.24) is 20.4 Å². The monoisotopic (exact) mass is 440 g/mol. The van der Waals surface area contributed by atoms with Crippen LogP contribution in [-0.4, -0.2) is 61.5 Å². The Hall–Kier alpha value is -2.34. The zero-order valence-corrected chi connectivity index (χ0v) is 20.1. The van der Waals surface area contributed by atoms with E-state index in [1.807, 2.05) is 35.2 Å². The molecular weight excluding hydrogens is 400 g/mol. The van der Waals surface area contributed by atoms with Crippen LogP contribution >= 0.6 is 0 Å². The topological polar surface area (TPSA) is 64.7 Å². The minimum absolute atomic E-state index is 0.130. The van der Waals surface area contributed by atoms with Gasteiger partial charge in [0.1, 0.15) is 0 Å². The van der Waals surface area contributed by atoms with Crippen molar-refractivity contribution in [1.29, 1.82) is 0 Å². The van der Waals surface area contributed by atoms with Crippen molar-refractivity contribution in [3.63, 3.8) is 0 Å². The fraction of sp³-hybridized carbons (Fsp3) is 0.615. The number of nitrogens with one attached hydrogen (secondary N) is 2. The molecule has 3 unspecified atom stereocenters. The van der Waals surface area contributed by atoms with Gasteiger partial charge in [-0.3, -0.25) is 4.79 Å². The Balaban J connectivity index is 1.53. The lowest BCUT2D eigenvalue weighted by Crippen LogP contribution is -2.47. The first-order chi connectivity index (χ1) is 15.3. The standard InChI is InChI=1S/C26H40N4O2/c1-19(2)24-15-22(16-25(31)30-12-10-29(4)11-13-30)20(3)14-23(24)18-28-26(32)27-17-21-8-6-5-7-9-21/h5-9,14,19,22-24H,10-13,15-18H2,1-4H3,(H2,27,28,32). The number of rotatable bonds is 7. The van der Waals surface area contributed by atoms with Crippen molar-refractivity contribution in [2.45, 2.75) is 40.2 Å². The number of amides is 3. The third kappa shape index (κ3) is 6.83. The average molecular weight is 441 g/mol. The summed E-state index contributed by atoms with van der Waals surface area (Å²) in [6.07, 6.45) is 3.93. The van der Waals surface area contributed by atoms with Crippen LogP contribution in [0.1, 0.15) is 39.2 Å². The molecule has 3 atom stereocenters. The van der Waals surface area contributed by atoms with Crippen molar-refractivity contribution in [3.8, 4) is 0 Å². The smallest absolute Gasteiger partial charge is 0.315 e. The number of hydrogen-bond donors (Lipinski definition) is 2. The molecule has 0 radical (unpaired) electrons. The maximum atomic E-state index is 12.9. The number of nitrogens with zero attached hydrogens (tertiary/aromatic N) is 2. The lowest BCUT2D eigenvalue weighted by molar-refractivity contribution is -0.133. The van der Waals surface area contributed by atoms with Gasteiger partial charge >= 0.3 is 6.03 Å². The first-order valence-corrected chi connectivity index (χ1v) is 12.0. The van der Waals surface area contributed by atoms with E-state index in [2.05, 4.69) is 49.4 Å². The maximum Gasteiger partial charge on any atom is 0.315 e. The molecule has 2 aliphatic rings. The molecular formula is C26H40N4O2. The van der Waals surface area contributed by atoms with Gasteiger partial charge in [0.15, 0.2) is 0 Å². The van der Waals surface area contributed by atoms with E-state index in [-0.39, 0.29) is 11.9 Å². The van der Waals surface area contributed by atoms with Gasteiger partial charge in [0, 0.05) is 45.7 Å². The Morgan fingerprint density at radius 1 is 1.06 bits per heavy atom. The van der Waals surface area contributed by atoms with Crippen LogP contribution in [-0.2, 0) is 11.3 Å². The molecule has 0 bridgehead atoms. The molecule has 1 heterocycles. The zero-order chi connectivity index (χ0) is 23.1.